The van der Waals surface area contributed by atoms with Gasteiger partial charge in [0.25, 0.3) is 0 Å². The predicted octanol–water partition coefficient (Wildman–Crippen LogP) is 4.07. The first-order chi connectivity index (χ1) is 11.0. The number of guanidine groups is 1. The molecule has 0 amide bonds. The summed E-state index contributed by atoms with van der Waals surface area (Å²) in [4.78, 5) is 4.37. The van der Waals surface area contributed by atoms with Crippen LogP contribution in [0, 0.1) is 13.8 Å². The Kier molecular flexibility index (Phi) is 6.02. The first kappa shape index (κ1) is 17.3. The summed E-state index contributed by atoms with van der Waals surface area (Å²) in [6.07, 6.45) is -0.187. The molecular weight excluding hydrogens is 310 g/mol. The number of rotatable bonds is 5. The van der Waals surface area contributed by atoms with Gasteiger partial charge in [0, 0.05) is 17.8 Å². The van der Waals surface area contributed by atoms with Gasteiger partial charge in [0.05, 0.1) is 6.54 Å². The zero-order chi connectivity index (χ0) is 16.8. The number of halogens is 1. The van der Waals surface area contributed by atoms with Crippen LogP contribution < -0.4 is 11.1 Å². The van der Waals surface area contributed by atoms with Crippen molar-refractivity contribution >= 4 is 23.2 Å². The minimum absolute atomic E-state index is 0.187. The second-order valence-corrected chi connectivity index (χ2v) is 5.94. The van der Waals surface area contributed by atoms with E-state index in [2.05, 4.69) is 16.4 Å². The molecule has 0 aliphatic heterocycles. The Balaban J connectivity index is 2.05. The maximum absolute atomic E-state index is 6.02. The molecule has 0 aliphatic carbocycles. The monoisotopic (exact) mass is 331 g/mol. The minimum Gasteiger partial charge on any atom is -0.375 e. The van der Waals surface area contributed by atoms with E-state index in [1.807, 2.05) is 50.2 Å². The molecule has 0 radical (unpaired) electrons. The molecule has 2 rings (SSSR count). The minimum atomic E-state index is -0.187. The van der Waals surface area contributed by atoms with Crippen LogP contribution in [0.3, 0.4) is 0 Å². The Hall–Kier alpha value is -2.04. The molecule has 2 aromatic carbocycles. The number of aryl methyl sites for hydroxylation is 2. The summed E-state index contributed by atoms with van der Waals surface area (Å²) in [6, 6.07) is 13.7. The van der Waals surface area contributed by atoms with Crippen molar-refractivity contribution < 1.29 is 4.74 Å². The second-order valence-electron chi connectivity index (χ2n) is 5.51. The number of aliphatic imine (C=N–C) groups is 1. The Morgan fingerprint density at radius 3 is 2.52 bits per heavy atom. The van der Waals surface area contributed by atoms with Gasteiger partial charge in [-0.2, -0.15) is 0 Å². The van der Waals surface area contributed by atoms with Crippen molar-refractivity contribution in [1.82, 2.24) is 0 Å². The average molecular weight is 332 g/mol. The van der Waals surface area contributed by atoms with Crippen molar-refractivity contribution in [1.29, 1.82) is 0 Å². The fraction of sp³-hybridized carbons (Fsp3) is 0.278. The molecule has 1 atom stereocenters. The van der Waals surface area contributed by atoms with Crippen molar-refractivity contribution in [2.45, 2.75) is 20.0 Å². The number of nitrogens with two attached hydrogens (primary N) is 1. The molecule has 3 N–H and O–H groups in total. The summed E-state index contributed by atoms with van der Waals surface area (Å²) in [7, 11) is 1.65. The average Bonchev–Trinajstić information content (AvgIpc) is 2.46. The number of hydrogen-bond donors (Lipinski definition) is 2. The van der Waals surface area contributed by atoms with Crippen LogP contribution in [0.1, 0.15) is 22.8 Å². The molecule has 1 unspecified atom stereocenters. The highest BCUT2D eigenvalue weighted by Crippen LogP contribution is 2.20. The van der Waals surface area contributed by atoms with Crippen LogP contribution in [0.4, 0.5) is 5.69 Å². The number of hydrogen-bond acceptors (Lipinski definition) is 2. The fourth-order valence-corrected chi connectivity index (χ4v) is 2.64. The largest absolute Gasteiger partial charge is 0.375 e. The third kappa shape index (κ3) is 5.27. The Morgan fingerprint density at radius 1 is 1.22 bits per heavy atom. The van der Waals surface area contributed by atoms with Gasteiger partial charge in [-0.25, -0.2) is 0 Å². The van der Waals surface area contributed by atoms with Crippen LogP contribution in [0.15, 0.2) is 47.5 Å². The van der Waals surface area contributed by atoms with Gasteiger partial charge in [-0.1, -0.05) is 29.8 Å². The molecule has 5 heteroatoms. The third-order valence-corrected chi connectivity index (χ3v) is 3.66. The van der Waals surface area contributed by atoms with Crippen molar-refractivity contribution in [2.75, 3.05) is 19.0 Å². The van der Waals surface area contributed by atoms with E-state index in [9.17, 15) is 0 Å². The van der Waals surface area contributed by atoms with E-state index in [4.69, 9.17) is 22.1 Å². The van der Waals surface area contributed by atoms with Crippen LogP contribution in [0.25, 0.3) is 0 Å². The Bertz CT molecular complexity index is 680. The number of benzene rings is 2. The highest BCUT2D eigenvalue weighted by Gasteiger charge is 2.10. The standard InChI is InChI=1S/C18H22ClN3O/c1-12-7-13(2)9-16(8-12)22-18(20)21-11-17(23-3)14-5-4-6-15(19)10-14/h4-10,17H,11H2,1-3H3,(H3,20,21,22). The van der Waals surface area contributed by atoms with Crippen molar-refractivity contribution in [2.24, 2.45) is 10.7 Å². The van der Waals surface area contributed by atoms with E-state index in [1.54, 1.807) is 7.11 Å². The van der Waals surface area contributed by atoms with Crippen LogP contribution in [-0.4, -0.2) is 19.6 Å². The second kappa shape index (κ2) is 7.99. The summed E-state index contributed by atoms with van der Waals surface area (Å²) in [6.45, 7) is 4.51. The highest BCUT2D eigenvalue weighted by molar-refractivity contribution is 6.30. The van der Waals surface area contributed by atoms with Gasteiger partial charge in [-0.15, -0.1) is 0 Å². The Labute approximate surface area is 142 Å². The first-order valence-corrected chi connectivity index (χ1v) is 7.79. The van der Waals surface area contributed by atoms with Crippen molar-refractivity contribution in [3.8, 4) is 0 Å². The van der Waals surface area contributed by atoms with Crippen LogP contribution in [-0.2, 0) is 4.74 Å². The van der Waals surface area contributed by atoms with Gasteiger partial charge in [-0.3, -0.25) is 4.99 Å². The molecule has 0 aromatic heterocycles. The number of nitrogens with zero attached hydrogens (tertiary/aromatic N) is 1. The molecular formula is C18H22ClN3O. The summed E-state index contributed by atoms with van der Waals surface area (Å²) in [5, 5.41) is 3.79. The van der Waals surface area contributed by atoms with Crippen molar-refractivity contribution in [3.05, 3.63) is 64.2 Å². The molecule has 23 heavy (non-hydrogen) atoms. The SMILES string of the molecule is COC(CN=C(N)Nc1cc(C)cc(C)c1)c1cccc(Cl)c1. The van der Waals surface area contributed by atoms with Gasteiger partial charge < -0.3 is 15.8 Å². The molecule has 0 heterocycles. The molecule has 0 spiro atoms. The smallest absolute Gasteiger partial charge is 0.193 e. The van der Waals surface area contributed by atoms with Crippen LogP contribution >= 0.6 is 11.6 Å². The van der Waals surface area contributed by atoms with Crippen LogP contribution in [0.2, 0.25) is 5.02 Å². The molecule has 0 fully saturated rings. The molecule has 2 aromatic rings. The topological polar surface area (TPSA) is 59.6 Å². The van der Waals surface area contributed by atoms with Gasteiger partial charge in [0.1, 0.15) is 6.10 Å². The van der Waals surface area contributed by atoms with E-state index in [0.717, 1.165) is 11.3 Å². The third-order valence-electron chi connectivity index (χ3n) is 3.43. The lowest BCUT2D eigenvalue weighted by Crippen LogP contribution is -2.24. The van der Waals surface area contributed by atoms with Crippen molar-refractivity contribution in [3.63, 3.8) is 0 Å². The predicted molar refractivity (Wildman–Crippen MR) is 97.2 cm³/mol. The zero-order valence-electron chi connectivity index (χ0n) is 13.6. The van der Waals surface area contributed by atoms with Gasteiger partial charge >= 0.3 is 0 Å². The van der Waals surface area contributed by atoms with E-state index in [0.29, 0.717) is 17.5 Å². The summed E-state index contributed by atoms with van der Waals surface area (Å²) in [5.74, 6) is 0.360. The number of nitrogens with one attached hydrogen (secondary N) is 1. The van der Waals surface area contributed by atoms with E-state index < -0.39 is 0 Å². The van der Waals surface area contributed by atoms with Gasteiger partial charge in [-0.05, 0) is 54.8 Å². The maximum Gasteiger partial charge on any atom is 0.193 e. The summed E-state index contributed by atoms with van der Waals surface area (Å²) < 4.78 is 5.48. The van der Waals surface area contributed by atoms with E-state index >= 15 is 0 Å². The summed E-state index contributed by atoms with van der Waals surface area (Å²) >= 11 is 6.02. The Morgan fingerprint density at radius 2 is 1.91 bits per heavy atom. The summed E-state index contributed by atoms with van der Waals surface area (Å²) in [5.41, 5.74) is 10.2. The van der Waals surface area contributed by atoms with E-state index in [1.165, 1.54) is 11.1 Å². The molecule has 0 saturated heterocycles. The highest BCUT2D eigenvalue weighted by atomic mass is 35.5. The number of methoxy groups -OCH3 is 1. The lowest BCUT2D eigenvalue weighted by molar-refractivity contribution is 0.111. The number of ether oxygens (including phenoxy) is 1. The molecule has 0 saturated carbocycles. The van der Waals surface area contributed by atoms with Crippen LogP contribution in [0.5, 0.6) is 0 Å². The molecule has 0 aliphatic rings. The normalized spacial score (nSPS) is 13.0. The molecule has 122 valence electrons. The quantitative estimate of drug-likeness (QED) is 0.641. The van der Waals surface area contributed by atoms with Gasteiger partial charge in [0.2, 0.25) is 0 Å². The lowest BCUT2D eigenvalue weighted by Gasteiger charge is -2.14. The zero-order valence-corrected chi connectivity index (χ0v) is 14.4. The maximum atomic E-state index is 6.02. The van der Waals surface area contributed by atoms with Gasteiger partial charge in [0.15, 0.2) is 5.96 Å². The molecule has 4 nitrogen and oxygen atoms in total. The lowest BCUT2D eigenvalue weighted by atomic mass is 10.1. The van der Waals surface area contributed by atoms with E-state index in [-0.39, 0.29) is 6.10 Å². The first-order valence-electron chi connectivity index (χ1n) is 7.41. The fourth-order valence-electron chi connectivity index (χ4n) is 2.44. The number of anilines is 1. The molecule has 0 bridgehead atoms.